The Hall–Kier alpha value is -2.62. The lowest BCUT2D eigenvalue weighted by Gasteiger charge is -2.05. The van der Waals surface area contributed by atoms with Gasteiger partial charge in [-0.15, -0.1) is 0 Å². The molecule has 0 aliphatic rings. The molecule has 4 N–H and O–H groups in total. The van der Waals surface area contributed by atoms with Crippen LogP contribution in [-0.2, 0) is 0 Å². The summed E-state index contributed by atoms with van der Waals surface area (Å²) in [6.45, 7) is 0. The molecule has 2 aromatic rings. The number of carbonyl (C=O) groups excluding carboxylic acids is 2. The number of rotatable bonds is 3. The second kappa shape index (κ2) is 4.71. The van der Waals surface area contributed by atoms with Crippen molar-refractivity contribution >= 4 is 22.9 Å². The molecule has 0 amide bonds. The number of nitrogen functional groups attached to an aromatic ring is 2. The number of carbonyl (C=O) groups is 2. The van der Waals surface area contributed by atoms with Crippen molar-refractivity contribution in [2.24, 2.45) is 0 Å². The minimum Gasteiger partial charge on any atom is -0.398 e. The molecular formula is C14H12N2O2. The number of Topliss-reactive ketones (excluding diaryl/α,β-unsaturated/α-hetero) is 2. The zero-order valence-electron chi connectivity index (χ0n) is 9.59. The summed E-state index contributed by atoms with van der Waals surface area (Å²) in [7, 11) is 0. The van der Waals surface area contributed by atoms with Crippen LogP contribution in [0.25, 0.3) is 0 Å². The summed E-state index contributed by atoms with van der Waals surface area (Å²) in [5.41, 5.74) is 12.3. The van der Waals surface area contributed by atoms with Gasteiger partial charge >= 0.3 is 0 Å². The minimum atomic E-state index is -0.647. The molecular weight excluding hydrogens is 228 g/mol. The molecule has 90 valence electrons. The molecule has 0 radical (unpaired) electrons. The third kappa shape index (κ3) is 2.08. The van der Waals surface area contributed by atoms with Crippen LogP contribution in [0.1, 0.15) is 20.7 Å². The summed E-state index contributed by atoms with van der Waals surface area (Å²) in [4.78, 5) is 24.1. The van der Waals surface area contributed by atoms with Crippen LogP contribution in [0.5, 0.6) is 0 Å². The molecule has 4 nitrogen and oxygen atoms in total. The van der Waals surface area contributed by atoms with Crippen LogP contribution in [0.15, 0.2) is 48.5 Å². The first kappa shape index (κ1) is 11.9. The minimum absolute atomic E-state index is 0.200. The SMILES string of the molecule is Nc1ccccc1C(=O)C(=O)c1ccccc1N. The summed E-state index contributed by atoms with van der Waals surface area (Å²) in [6.07, 6.45) is 0. The van der Waals surface area contributed by atoms with E-state index in [0.717, 1.165) is 0 Å². The van der Waals surface area contributed by atoms with Crippen molar-refractivity contribution in [2.75, 3.05) is 11.5 Å². The summed E-state index contributed by atoms with van der Waals surface area (Å²) in [6, 6.07) is 12.9. The number of benzene rings is 2. The molecule has 0 fully saturated rings. The number of hydrogen-bond donors (Lipinski definition) is 2. The molecule has 2 aromatic carbocycles. The first-order valence-corrected chi connectivity index (χ1v) is 5.39. The molecule has 0 spiro atoms. The second-order valence-electron chi connectivity index (χ2n) is 3.83. The molecule has 0 bridgehead atoms. The van der Waals surface area contributed by atoms with Gasteiger partial charge in [0.25, 0.3) is 0 Å². The van der Waals surface area contributed by atoms with Gasteiger partial charge < -0.3 is 11.5 Å². The Morgan fingerprint density at radius 1 is 0.667 bits per heavy atom. The topological polar surface area (TPSA) is 86.2 Å². The van der Waals surface area contributed by atoms with Gasteiger partial charge in [-0.05, 0) is 24.3 Å². The van der Waals surface area contributed by atoms with E-state index in [4.69, 9.17) is 11.5 Å². The van der Waals surface area contributed by atoms with Crippen molar-refractivity contribution in [3.8, 4) is 0 Å². The Labute approximate surface area is 104 Å². The highest BCUT2D eigenvalue weighted by Crippen LogP contribution is 2.17. The summed E-state index contributed by atoms with van der Waals surface area (Å²) in [5, 5.41) is 0. The van der Waals surface area contributed by atoms with Crippen molar-refractivity contribution in [2.45, 2.75) is 0 Å². The predicted octanol–water partition coefficient (Wildman–Crippen LogP) is 1.92. The Morgan fingerprint density at radius 2 is 1.00 bits per heavy atom. The number of para-hydroxylation sites is 2. The lowest BCUT2D eigenvalue weighted by atomic mass is 9.99. The van der Waals surface area contributed by atoms with Crippen molar-refractivity contribution in [1.82, 2.24) is 0 Å². The van der Waals surface area contributed by atoms with Crippen molar-refractivity contribution in [3.63, 3.8) is 0 Å². The zero-order chi connectivity index (χ0) is 13.1. The average molecular weight is 240 g/mol. The summed E-state index contributed by atoms with van der Waals surface area (Å²) < 4.78 is 0. The van der Waals surface area contributed by atoms with Gasteiger partial charge in [-0.25, -0.2) is 0 Å². The van der Waals surface area contributed by atoms with Crippen LogP contribution < -0.4 is 11.5 Å². The van der Waals surface area contributed by atoms with Gasteiger partial charge in [-0.3, -0.25) is 9.59 Å². The van der Waals surface area contributed by atoms with Crippen LogP contribution in [0.2, 0.25) is 0 Å². The van der Waals surface area contributed by atoms with Crippen LogP contribution in [-0.4, -0.2) is 11.6 Å². The van der Waals surface area contributed by atoms with Gasteiger partial charge in [-0.2, -0.15) is 0 Å². The highest BCUT2D eigenvalue weighted by molar-refractivity contribution is 6.50. The number of ketones is 2. The van der Waals surface area contributed by atoms with E-state index in [0.29, 0.717) is 0 Å². The van der Waals surface area contributed by atoms with Crippen LogP contribution >= 0.6 is 0 Å². The maximum atomic E-state index is 12.0. The fourth-order valence-corrected chi connectivity index (χ4v) is 1.65. The van der Waals surface area contributed by atoms with Crippen molar-refractivity contribution < 1.29 is 9.59 Å². The zero-order valence-corrected chi connectivity index (χ0v) is 9.59. The molecule has 0 aliphatic heterocycles. The maximum Gasteiger partial charge on any atom is 0.235 e. The van der Waals surface area contributed by atoms with Crippen molar-refractivity contribution in [3.05, 3.63) is 59.7 Å². The Balaban J connectivity index is 2.39. The molecule has 2 rings (SSSR count). The molecule has 0 saturated carbocycles. The van der Waals surface area contributed by atoms with E-state index >= 15 is 0 Å². The van der Waals surface area contributed by atoms with E-state index in [1.807, 2.05) is 0 Å². The molecule has 0 unspecified atom stereocenters. The van der Waals surface area contributed by atoms with Gasteiger partial charge in [-0.1, -0.05) is 24.3 Å². The molecule has 0 heterocycles. The quantitative estimate of drug-likeness (QED) is 0.487. The van der Waals surface area contributed by atoms with Gasteiger partial charge in [0.15, 0.2) is 0 Å². The van der Waals surface area contributed by atoms with Gasteiger partial charge in [0.2, 0.25) is 11.6 Å². The highest BCUT2D eigenvalue weighted by atomic mass is 16.2. The van der Waals surface area contributed by atoms with Crippen LogP contribution in [0, 0.1) is 0 Å². The van der Waals surface area contributed by atoms with E-state index in [1.165, 1.54) is 12.1 Å². The number of hydrogen-bond acceptors (Lipinski definition) is 4. The standard InChI is InChI=1S/C14H12N2O2/c15-11-7-3-1-5-9(11)13(17)14(18)10-6-2-4-8-12(10)16/h1-8H,15-16H2. The molecule has 0 aromatic heterocycles. The smallest absolute Gasteiger partial charge is 0.235 e. The third-order valence-electron chi connectivity index (χ3n) is 2.62. The van der Waals surface area contributed by atoms with E-state index in [-0.39, 0.29) is 22.5 Å². The van der Waals surface area contributed by atoms with E-state index in [1.54, 1.807) is 36.4 Å². The Bertz CT molecular complexity index is 565. The molecule has 18 heavy (non-hydrogen) atoms. The fourth-order valence-electron chi connectivity index (χ4n) is 1.65. The van der Waals surface area contributed by atoms with Gasteiger partial charge in [0, 0.05) is 22.5 Å². The maximum absolute atomic E-state index is 12.0. The first-order chi connectivity index (χ1) is 8.61. The number of anilines is 2. The van der Waals surface area contributed by atoms with Gasteiger partial charge in [0.1, 0.15) is 0 Å². The second-order valence-corrected chi connectivity index (χ2v) is 3.83. The summed E-state index contributed by atoms with van der Waals surface area (Å²) >= 11 is 0. The van der Waals surface area contributed by atoms with E-state index in [2.05, 4.69) is 0 Å². The monoisotopic (exact) mass is 240 g/mol. The largest absolute Gasteiger partial charge is 0.398 e. The average Bonchev–Trinajstić information content (AvgIpc) is 2.38. The lowest BCUT2D eigenvalue weighted by molar-refractivity contribution is 0.0818. The first-order valence-electron chi connectivity index (χ1n) is 5.39. The lowest BCUT2D eigenvalue weighted by Crippen LogP contribution is -2.17. The van der Waals surface area contributed by atoms with Crippen LogP contribution in [0.3, 0.4) is 0 Å². The van der Waals surface area contributed by atoms with Gasteiger partial charge in [0.05, 0.1) is 0 Å². The predicted molar refractivity (Wildman–Crippen MR) is 70.4 cm³/mol. The highest BCUT2D eigenvalue weighted by Gasteiger charge is 2.21. The molecule has 0 atom stereocenters. The van der Waals surface area contributed by atoms with E-state index < -0.39 is 11.6 Å². The molecule has 0 saturated heterocycles. The Kier molecular flexibility index (Phi) is 3.10. The van der Waals surface area contributed by atoms with Crippen molar-refractivity contribution in [1.29, 1.82) is 0 Å². The molecule has 4 heteroatoms. The fraction of sp³-hybridized carbons (Fsp3) is 0. The summed E-state index contributed by atoms with van der Waals surface area (Å²) in [5.74, 6) is -1.29. The molecule has 0 aliphatic carbocycles. The Morgan fingerprint density at radius 3 is 1.33 bits per heavy atom. The van der Waals surface area contributed by atoms with E-state index in [9.17, 15) is 9.59 Å². The third-order valence-corrected chi connectivity index (χ3v) is 2.62. The number of nitrogens with two attached hydrogens (primary N) is 2. The normalized spacial score (nSPS) is 10.0. The van der Waals surface area contributed by atoms with Crippen LogP contribution in [0.4, 0.5) is 11.4 Å².